The van der Waals surface area contributed by atoms with Gasteiger partial charge in [0.25, 0.3) is 0 Å². The SMILES string of the molecule is OC1CCCC1CNc1ncc(Br)cc1F. The van der Waals surface area contributed by atoms with E-state index in [0.29, 0.717) is 11.0 Å². The number of aliphatic hydroxyl groups excluding tert-OH is 1. The highest BCUT2D eigenvalue weighted by Gasteiger charge is 2.25. The smallest absolute Gasteiger partial charge is 0.166 e. The van der Waals surface area contributed by atoms with Crippen LogP contribution in [0.5, 0.6) is 0 Å². The van der Waals surface area contributed by atoms with E-state index >= 15 is 0 Å². The van der Waals surface area contributed by atoms with E-state index < -0.39 is 0 Å². The van der Waals surface area contributed by atoms with Crippen molar-refractivity contribution in [2.75, 3.05) is 11.9 Å². The third kappa shape index (κ3) is 2.71. The number of pyridine rings is 1. The zero-order valence-electron chi connectivity index (χ0n) is 8.79. The molecule has 1 heterocycles. The maximum atomic E-state index is 13.4. The molecule has 0 saturated heterocycles. The second kappa shape index (κ2) is 5.10. The van der Waals surface area contributed by atoms with E-state index in [2.05, 4.69) is 26.2 Å². The van der Waals surface area contributed by atoms with Gasteiger partial charge in [0.15, 0.2) is 11.6 Å². The third-order valence-corrected chi connectivity index (χ3v) is 3.39. The minimum atomic E-state index is -0.373. The number of hydrogen-bond acceptors (Lipinski definition) is 3. The Balaban J connectivity index is 1.94. The molecule has 5 heteroatoms. The Kier molecular flexibility index (Phi) is 3.76. The molecule has 0 radical (unpaired) electrons. The van der Waals surface area contributed by atoms with E-state index in [4.69, 9.17) is 0 Å². The Morgan fingerprint density at radius 1 is 1.56 bits per heavy atom. The molecule has 1 fully saturated rings. The van der Waals surface area contributed by atoms with Crippen LogP contribution in [0.25, 0.3) is 0 Å². The van der Waals surface area contributed by atoms with Gasteiger partial charge in [0, 0.05) is 23.1 Å². The van der Waals surface area contributed by atoms with E-state index in [1.807, 2.05) is 0 Å². The monoisotopic (exact) mass is 288 g/mol. The van der Waals surface area contributed by atoms with Crippen LogP contribution >= 0.6 is 15.9 Å². The number of hydrogen-bond donors (Lipinski definition) is 2. The quantitative estimate of drug-likeness (QED) is 0.899. The van der Waals surface area contributed by atoms with Gasteiger partial charge in [-0.3, -0.25) is 0 Å². The summed E-state index contributed by atoms with van der Waals surface area (Å²) in [5.41, 5.74) is 0. The Labute approximate surface area is 102 Å². The van der Waals surface area contributed by atoms with Gasteiger partial charge in [-0.25, -0.2) is 9.37 Å². The van der Waals surface area contributed by atoms with Crippen molar-refractivity contribution in [3.63, 3.8) is 0 Å². The molecule has 88 valence electrons. The molecule has 1 saturated carbocycles. The van der Waals surface area contributed by atoms with Crippen LogP contribution in [0, 0.1) is 11.7 Å². The van der Waals surface area contributed by atoms with Crippen molar-refractivity contribution in [2.45, 2.75) is 25.4 Å². The summed E-state index contributed by atoms with van der Waals surface area (Å²) in [7, 11) is 0. The van der Waals surface area contributed by atoms with Crippen molar-refractivity contribution in [3.8, 4) is 0 Å². The van der Waals surface area contributed by atoms with Crippen molar-refractivity contribution >= 4 is 21.7 Å². The zero-order valence-corrected chi connectivity index (χ0v) is 10.4. The number of rotatable bonds is 3. The summed E-state index contributed by atoms with van der Waals surface area (Å²) in [6.07, 6.45) is 4.18. The molecule has 16 heavy (non-hydrogen) atoms. The summed E-state index contributed by atoms with van der Waals surface area (Å²) in [6, 6.07) is 1.38. The second-order valence-electron chi connectivity index (χ2n) is 4.12. The summed E-state index contributed by atoms with van der Waals surface area (Å²) in [5.74, 6) is 0.0917. The number of aliphatic hydroxyl groups is 1. The Hall–Kier alpha value is -0.680. The van der Waals surface area contributed by atoms with E-state index in [-0.39, 0.29) is 23.7 Å². The van der Waals surface area contributed by atoms with Crippen LogP contribution in [0.15, 0.2) is 16.7 Å². The molecule has 1 aliphatic rings. The minimum Gasteiger partial charge on any atom is -0.393 e. The highest BCUT2D eigenvalue weighted by Crippen LogP contribution is 2.26. The van der Waals surface area contributed by atoms with Gasteiger partial charge in [0.05, 0.1) is 6.10 Å². The molecule has 2 atom stereocenters. The predicted octanol–water partition coefficient (Wildman–Crippen LogP) is 2.56. The molecule has 0 amide bonds. The molecule has 2 unspecified atom stereocenters. The first-order chi connectivity index (χ1) is 7.66. The topological polar surface area (TPSA) is 45.1 Å². The van der Waals surface area contributed by atoms with Crippen LogP contribution in [0.2, 0.25) is 0 Å². The molecule has 2 rings (SSSR count). The second-order valence-corrected chi connectivity index (χ2v) is 5.04. The number of aromatic nitrogens is 1. The summed E-state index contributed by atoms with van der Waals surface area (Å²) >= 11 is 3.15. The zero-order chi connectivity index (χ0) is 11.5. The molecule has 0 bridgehead atoms. The maximum absolute atomic E-state index is 13.4. The fourth-order valence-corrected chi connectivity index (χ4v) is 2.33. The first kappa shape index (κ1) is 11.8. The van der Waals surface area contributed by atoms with Gasteiger partial charge in [-0.1, -0.05) is 6.42 Å². The van der Waals surface area contributed by atoms with Crippen molar-refractivity contribution in [2.24, 2.45) is 5.92 Å². The van der Waals surface area contributed by atoms with E-state index in [0.717, 1.165) is 19.3 Å². The van der Waals surface area contributed by atoms with Crippen LogP contribution in [0.4, 0.5) is 10.2 Å². The summed E-state index contributed by atoms with van der Waals surface area (Å²) in [4.78, 5) is 3.95. The van der Waals surface area contributed by atoms with E-state index in [1.54, 1.807) is 6.20 Å². The molecule has 0 aromatic carbocycles. The molecule has 0 aliphatic heterocycles. The lowest BCUT2D eigenvalue weighted by Gasteiger charge is -2.15. The minimum absolute atomic E-state index is 0.213. The van der Waals surface area contributed by atoms with Crippen LogP contribution in [0.1, 0.15) is 19.3 Å². The lowest BCUT2D eigenvalue weighted by molar-refractivity contribution is 0.138. The molecular weight excluding hydrogens is 275 g/mol. The fourth-order valence-electron chi connectivity index (χ4n) is 2.03. The summed E-state index contributed by atoms with van der Waals surface area (Å²) in [5, 5.41) is 12.6. The standard InChI is InChI=1S/C11H14BrFN2O/c12-8-4-9(13)11(15-6-8)14-5-7-2-1-3-10(7)16/h4,6-7,10,16H,1-3,5H2,(H,14,15). The van der Waals surface area contributed by atoms with Crippen molar-refractivity contribution < 1.29 is 9.50 Å². The van der Waals surface area contributed by atoms with Gasteiger partial charge in [-0.05, 0) is 34.8 Å². The first-order valence-electron chi connectivity index (χ1n) is 5.40. The normalized spacial score (nSPS) is 24.7. The first-order valence-corrected chi connectivity index (χ1v) is 6.19. The average molecular weight is 289 g/mol. The van der Waals surface area contributed by atoms with Crippen molar-refractivity contribution in [1.82, 2.24) is 4.98 Å². The number of nitrogens with one attached hydrogen (secondary N) is 1. The predicted molar refractivity (Wildman–Crippen MR) is 63.7 cm³/mol. The number of halogens is 2. The highest BCUT2D eigenvalue weighted by molar-refractivity contribution is 9.10. The van der Waals surface area contributed by atoms with Gasteiger partial charge in [-0.2, -0.15) is 0 Å². The third-order valence-electron chi connectivity index (χ3n) is 2.96. The van der Waals surface area contributed by atoms with Gasteiger partial charge in [-0.15, -0.1) is 0 Å². The van der Waals surface area contributed by atoms with Crippen LogP contribution in [-0.2, 0) is 0 Å². The van der Waals surface area contributed by atoms with Crippen LogP contribution in [-0.4, -0.2) is 22.7 Å². The summed E-state index contributed by atoms with van der Waals surface area (Å²) < 4.78 is 14.0. The molecule has 2 N–H and O–H groups in total. The summed E-state index contributed by atoms with van der Waals surface area (Å²) in [6.45, 7) is 0.576. The number of anilines is 1. The van der Waals surface area contributed by atoms with E-state index in [1.165, 1.54) is 6.07 Å². The van der Waals surface area contributed by atoms with Crippen LogP contribution in [0.3, 0.4) is 0 Å². The van der Waals surface area contributed by atoms with Crippen molar-refractivity contribution in [1.29, 1.82) is 0 Å². The van der Waals surface area contributed by atoms with Gasteiger partial charge < -0.3 is 10.4 Å². The van der Waals surface area contributed by atoms with Gasteiger partial charge in [0.2, 0.25) is 0 Å². The molecule has 3 nitrogen and oxygen atoms in total. The highest BCUT2D eigenvalue weighted by atomic mass is 79.9. The molecular formula is C11H14BrFN2O. The Morgan fingerprint density at radius 3 is 3.00 bits per heavy atom. The van der Waals surface area contributed by atoms with Crippen molar-refractivity contribution in [3.05, 3.63) is 22.6 Å². The van der Waals surface area contributed by atoms with Gasteiger partial charge >= 0.3 is 0 Å². The molecule has 1 aromatic heterocycles. The fraction of sp³-hybridized carbons (Fsp3) is 0.545. The Morgan fingerprint density at radius 2 is 2.38 bits per heavy atom. The lowest BCUT2D eigenvalue weighted by atomic mass is 10.1. The van der Waals surface area contributed by atoms with E-state index in [9.17, 15) is 9.50 Å². The van der Waals surface area contributed by atoms with Crippen LogP contribution < -0.4 is 5.32 Å². The molecule has 1 aromatic rings. The number of nitrogens with zero attached hydrogens (tertiary/aromatic N) is 1. The lowest BCUT2D eigenvalue weighted by Crippen LogP contribution is -2.22. The molecule has 1 aliphatic carbocycles. The molecule has 0 spiro atoms. The maximum Gasteiger partial charge on any atom is 0.166 e. The Bertz CT molecular complexity index is 375. The van der Waals surface area contributed by atoms with Gasteiger partial charge in [0.1, 0.15) is 0 Å². The average Bonchev–Trinajstić information content (AvgIpc) is 2.63. The largest absolute Gasteiger partial charge is 0.393 e.